The summed E-state index contributed by atoms with van der Waals surface area (Å²) >= 11 is 0. The maximum atomic E-state index is 8.46. The first-order valence-corrected chi connectivity index (χ1v) is 7.07. The van der Waals surface area contributed by atoms with Gasteiger partial charge in [-0.05, 0) is 43.4 Å². The van der Waals surface area contributed by atoms with Gasteiger partial charge in [0.15, 0.2) is 0 Å². The second kappa shape index (κ2) is 94.0. The molecule has 16 heteroatoms. The molecule has 0 saturated carbocycles. The zero-order chi connectivity index (χ0) is 13.5. The van der Waals surface area contributed by atoms with Gasteiger partial charge >= 0.3 is 20.2 Å². The zero-order valence-corrected chi connectivity index (χ0v) is 14.5. The molecule has 5 atom stereocenters. The average Bonchev–Trinajstić information content (AvgIpc) is 2.09. The van der Waals surface area contributed by atoms with Crippen LogP contribution in [0.1, 0.15) is 2.85 Å². The monoisotopic (exact) mass is 354 g/mol. The first-order valence-electron chi connectivity index (χ1n) is 2.36. The van der Waals surface area contributed by atoms with Crippen molar-refractivity contribution in [2.75, 3.05) is 0 Å². The zero-order valence-electron chi connectivity index (χ0n) is 9.55. The van der Waals surface area contributed by atoms with E-state index < -0.39 is 43.4 Å². The van der Waals surface area contributed by atoms with E-state index in [-0.39, 0.29) is 20.2 Å². The van der Waals surface area contributed by atoms with Crippen LogP contribution in [0.5, 0.6) is 0 Å². The quantitative estimate of drug-likeness (QED) is 0.299. The summed E-state index contributed by atoms with van der Waals surface area (Å²) in [7, 11) is -8.75. The molecule has 0 N–H and O–H groups in total. The van der Waals surface area contributed by atoms with Crippen LogP contribution in [0, 0.1) is 0 Å². The van der Waals surface area contributed by atoms with Gasteiger partial charge in [0.25, 0.3) is 0 Å². The molecule has 100 valence electrons. The molecule has 16 heavy (non-hydrogen) atoms. The maximum absolute atomic E-state index is 8.46. The smallest absolute Gasteiger partial charge is 0.804 e. The molecule has 0 aromatic heterocycles. The van der Waals surface area contributed by atoms with E-state index in [0.29, 0.717) is 0 Å². The van der Waals surface area contributed by atoms with Crippen molar-refractivity contribution in [3.8, 4) is 0 Å². The van der Waals surface area contributed by atoms with Crippen molar-refractivity contribution < 1.29 is 50.1 Å². The van der Waals surface area contributed by atoms with E-state index in [2.05, 4.69) is 0 Å². The third-order valence-corrected chi connectivity index (χ3v) is 0. The molecule has 5 unspecified atom stereocenters. The van der Waals surface area contributed by atoms with Crippen LogP contribution in [0.4, 0.5) is 0 Å². The van der Waals surface area contributed by atoms with E-state index in [9.17, 15) is 0 Å². The molecule has 0 rings (SSSR count). The number of rotatable bonds is 0. The van der Waals surface area contributed by atoms with Crippen molar-refractivity contribution in [1.29, 1.82) is 0 Å². The normalized spacial score (nSPS) is 9.06. The summed E-state index contributed by atoms with van der Waals surface area (Å²) in [5.74, 6) is 0. The minimum atomic E-state index is -1.75. The van der Waals surface area contributed by atoms with Crippen molar-refractivity contribution >= 4 is 60.8 Å². The van der Waals surface area contributed by atoms with Crippen molar-refractivity contribution in [2.24, 2.45) is 0 Å². The predicted molar refractivity (Wildman–Crippen MR) is 60.0 cm³/mol. The van der Waals surface area contributed by atoms with E-state index in [1.54, 1.807) is 0 Å². The Morgan fingerprint density at radius 1 is 0.500 bits per heavy atom. The maximum Gasteiger partial charge on any atom is 3.00 e. The van der Waals surface area contributed by atoms with Crippen molar-refractivity contribution in [1.82, 2.24) is 0 Å². The summed E-state index contributed by atoms with van der Waals surface area (Å²) < 4.78 is 42.3. The van der Waals surface area contributed by atoms with E-state index in [1.165, 1.54) is 0 Å². The van der Waals surface area contributed by atoms with E-state index >= 15 is 0 Å². The van der Waals surface area contributed by atoms with Gasteiger partial charge in [-0.2, -0.15) is 0 Å². The molecule has 0 aromatic carbocycles. The molecule has 0 aliphatic heterocycles. The molecule has 0 fully saturated rings. The first kappa shape index (κ1) is 36.0. The van der Waals surface area contributed by atoms with Crippen molar-refractivity contribution in [3.05, 3.63) is 0 Å². The Hall–Kier alpha value is 1.48. The second-order valence-corrected chi connectivity index (χ2v) is 1.44. The van der Waals surface area contributed by atoms with Crippen LogP contribution >= 0.6 is 43.4 Å². The van der Waals surface area contributed by atoms with Crippen LogP contribution in [0.25, 0.3) is 0 Å². The standard InChI is InChI=1S/Al.5H3O2P/c;5*1-3-2/h;5*3H2,(H,1,2)/q+3;;;;;/p-3. The Morgan fingerprint density at radius 2 is 0.500 bits per heavy atom. The molecule has 0 aliphatic rings. The van der Waals surface area contributed by atoms with Crippen LogP contribution < -0.4 is 24.5 Å². The van der Waals surface area contributed by atoms with Gasteiger partial charge in [-0.15, -0.1) is 0 Å². The third-order valence-electron chi connectivity index (χ3n) is 0. The largest absolute Gasteiger partial charge is 3.00 e. The SMILES string of the molecule is O=[PH2][O-].O=[PH2][O-].O=[PH2][O-].O=[PH2][O-].O=[PH2][O-].[Al+3].[H+].[H+]. The molecule has 0 spiro atoms. The fourth-order valence-corrected chi connectivity index (χ4v) is 0. The number of hydrogen-bond acceptors (Lipinski definition) is 10. The van der Waals surface area contributed by atoms with E-state index in [4.69, 9.17) is 47.3 Å². The molecule has 0 aromatic rings. The molecular weight excluding hydrogens is 342 g/mol. The summed E-state index contributed by atoms with van der Waals surface area (Å²) in [6.07, 6.45) is 0. The molecule has 0 amide bonds. The van der Waals surface area contributed by atoms with Gasteiger partial charge in [0.1, 0.15) is 0 Å². The van der Waals surface area contributed by atoms with Gasteiger partial charge < -0.3 is 47.3 Å². The Morgan fingerprint density at radius 3 is 0.500 bits per heavy atom. The Labute approximate surface area is 111 Å². The minimum absolute atomic E-state index is 0. The Balaban J connectivity index is -0.0000000111. The fourth-order valence-electron chi connectivity index (χ4n) is 0. The second-order valence-electron chi connectivity index (χ2n) is 0.481. The van der Waals surface area contributed by atoms with Crippen molar-refractivity contribution in [2.45, 2.75) is 0 Å². The van der Waals surface area contributed by atoms with E-state index in [1.807, 2.05) is 0 Å². The van der Waals surface area contributed by atoms with Gasteiger partial charge in [-0.25, -0.2) is 0 Å². The molecule has 0 bridgehead atoms. The van der Waals surface area contributed by atoms with Gasteiger partial charge in [0.2, 0.25) is 0 Å². The molecule has 10 nitrogen and oxygen atoms in total. The summed E-state index contributed by atoms with van der Waals surface area (Å²) in [5.41, 5.74) is 0. The van der Waals surface area contributed by atoms with Crippen LogP contribution in [-0.4, -0.2) is 17.4 Å². The minimum Gasteiger partial charge on any atom is -0.804 e. The number of hydrogen-bond donors (Lipinski definition) is 0. The van der Waals surface area contributed by atoms with E-state index in [0.717, 1.165) is 0 Å². The Bertz CT molecular complexity index is 101. The summed E-state index contributed by atoms with van der Waals surface area (Å²) in [6.45, 7) is 0. The molecule has 0 radical (unpaired) electrons. The molecule has 0 saturated heterocycles. The van der Waals surface area contributed by atoms with Gasteiger partial charge in [0, 0.05) is 0 Å². The molecular formula is H12AlO10P5. The van der Waals surface area contributed by atoms with Crippen molar-refractivity contribution in [3.63, 3.8) is 0 Å². The van der Waals surface area contributed by atoms with Crippen LogP contribution in [0.3, 0.4) is 0 Å². The third kappa shape index (κ3) is 1480. The fraction of sp³-hybridized carbons (Fsp3) is 0. The summed E-state index contributed by atoms with van der Waals surface area (Å²) in [5, 5.41) is 0. The first-order chi connectivity index (χ1) is 7.07. The Kier molecular flexibility index (Phi) is 212. The average molecular weight is 354 g/mol. The van der Waals surface area contributed by atoms with Crippen LogP contribution in [0.15, 0.2) is 0 Å². The van der Waals surface area contributed by atoms with Gasteiger partial charge in [-0.1, -0.05) is 0 Å². The van der Waals surface area contributed by atoms with Crippen LogP contribution in [-0.2, 0) is 22.8 Å². The predicted octanol–water partition coefficient (Wildman–Crippen LogP) is -5.07. The van der Waals surface area contributed by atoms with Crippen LogP contribution in [0.2, 0.25) is 0 Å². The van der Waals surface area contributed by atoms with Gasteiger partial charge in [-0.3, -0.25) is 0 Å². The molecule has 0 heterocycles. The molecule has 0 aliphatic carbocycles. The topological polar surface area (TPSA) is 201 Å². The summed E-state index contributed by atoms with van der Waals surface area (Å²) in [6, 6.07) is 0. The van der Waals surface area contributed by atoms with Gasteiger partial charge in [0.05, 0.1) is 0 Å². The summed E-state index contributed by atoms with van der Waals surface area (Å²) in [4.78, 5) is 42.3.